The number of hydrogen-bond acceptors (Lipinski definition) is 7. The molecule has 12 heteroatoms. The van der Waals surface area contributed by atoms with E-state index in [1.54, 1.807) is 28.8 Å². The summed E-state index contributed by atoms with van der Waals surface area (Å²) in [6.07, 6.45) is 1.37. The first-order chi connectivity index (χ1) is 19.3. The molecule has 0 fully saturated rings. The summed E-state index contributed by atoms with van der Waals surface area (Å²) < 4.78 is 14.4. The van der Waals surface area contributed by atoms with Crippen molar-refractivity contribution in [2.24, 2.45) is 5.73 Å². The number of nitrogens with two attached hydrogens (primary N) is 1. The number of nitrogens with one attached hydrogen (secondary N) is 2. The molecule has 12 nitrogen and oxygen atoms in total. The quantitative estimate of drug-likeness (QED) is 0.229. The standard InChI is InChI=1S/C28H32N6O6/c1-3-5-14-34-25-24(26(36)32-28(34)38)33(4-2)22(31-25)17-39-23(35)16-21(30-27(29)37)18-10-9-13-20(15-18)40-19-11-7-6-8-12-19/h6-13,15,21H,3-5,14,16-17H2,1-2H3,(H3,29,30,37)(H,32,36,38). The molecule has 4 N–H and O–H groups in total. The molecule has 2 amide bonds. The molecule has 40 heavy (non-hydrogen) atoms. The third kappa shape index (κ3) is 6.57. The highest BCUT2D eigenvalue weighted by molar-refractivity contribution is 5.75. The summed E-state index contributed by atoms with van der Waals surface area (Å²) in [6.45, 7) is 4.36. The number of imidazole rings is 1. The molecular weight excluding hydrogens is 516 g/mol. The van der Waals surface area contributed by atoms with E-state index in [2.05, 4.69) is 15.3 Å². The third-order valence-corrected chi connectivity index (χ3v) is 6.31. The van der Waals surface area contributed by atoms with Crippen LogP contribution in [0.5, 0.6) is 11.5 Å². The second kappa shape index (κ2) is 12.8. The van der Waals surface area contributed by atoms with E-state index < -0.39 is 29.3 Å². The van der Waals surface area contributed by atoms with Crippen LogP contribution in [0.1, 0.15) is 50.5 Å². The first-order valence-electron chi connectivity index (χ1n) is 13.1. The average Bonchev–Trinajstić information content (AvgIpc) is 3.31. The van der Waals surface area contributed by atoms with E-state index in [0.717, 1.165) is 12.8 Å². The number of rotatable bonds is 12. The smallest absolute Gasteiger partial charge is 0.330 e. The van der Waals surface area contributed by atoms with Crippen LogP contribution in [0, 0.1) is 0 Å². The number of carbonyl (C=O) groups is 2. The molecule has 2 heterocycles. The predicted molar refractivity (Wildman–Crippen MR) is 148 cm³/mol. The van der Waals surface area contributed by atoms with E-state index in [4.69, 9.17) is 15.2 Å². The number of aromatic nitrogens is 4. The van der Waals surface area contributed by atoms with Crippen molar-refractivity contribution >= 4 is 23.2 Å². The Bertz CT molecular complexity index is 1610. The lowest BCUT2D eigenvalue weighted by Crippen LogP contribution is -2.34. The minimum atomic E-state index is -0.802. The highest BCUT2D eigenvalue weighted by Crippen LogP contribution is 2.26. The van der Waals surface area contributed by atoms with Gasteiger partial charge in [0.25, 0.3) is 5.56 Å². The van der Waals surface area contributed by atoms with Crippen LogP contribution in [0.15, 0.2) is 64.2 Å². The Morgan fingerprint density at radius 2 is 1.80 bits per heavy atom. The van der Waals surface area contributed by atoms with Gasteiger partial charge in [-0.3, -0.25) is 19.1 Å². The molecule has 1 unspecified atom stereocenters. The van der Waals surface area contributed by atoms with E-state index in [-0.39, 0.29) is 24.2 Å². The summed E-state index contributed by atoms with van der Waals surface area (Å²) in [5.41, 5.74) is 5.38. The Morgan fingerprint density at radius 1 is 1.05 bits per heavy atom. The van der Waals surface area contributed by atoms with Crippen LogP contribution in [-0.2, 0) is 29.2 Å². The van der Waals surface area contributed by atoms with Gasteiger partial charge in [0.15, 0.2) is 11.2 Å². The first-order valence-corrected chi connectivity index (χ1v) is 13.1. The van der Waals surface area contributed by atoms with Crippen LogP contribution in [-0.4, -0.2) is 31.1 Å². The van der Waals surface area contributed by atoms with Crippen LogP contribution >= 0.6 is 0 Å². The minimum Gasteiger partial charge on any atom is -0.457 e. The van der Waals surface area contributed by atoms with Gasteiger partial charge in [0.05, 0.1) is 12.5 Å². The monoisotopic (exact) mass is 548 g/mol. The Kier molecular flexibility index (Phi) is 9.00. The van der Waals surface area contributed by atoms with Gasteiger partial charge in [0, 0.05) is 13.1 Å². The summed E-state index contributed by atoms with van der Waals surface area (Å²) in [6, 6.07) is 14.6. The summed E-state index contributed by atoms with van der Waals surface area (Å²) in [4.78, 5) is 56.5. The number of primary amides is 1. The van der Waals surface area contributed by atoms with Crippen molar-refractivity contribution in [2.75, 3.05) is 0 Å². The van der Waals surface area contributed by atoms with E-state index in [0.29, 0.717) is 36.0 Å². The number of esters is 1. The van der Waals surface area contributed by atoms with Gasteiger partial charge < -0.3 is 25.1 Å². The van der Waals surface area contributed by atoms with E-state index in [1.165, 1.54) is 4.57 Å². The Labute approximate surface area is 229 Å². The van der Waals surface area contributed by atoms with Crippen LogP contribution < -0.4 is 27.0 Å². The summed E-state index contributed by atoms with van der Waals surface area (Å²) in [7, 11) is 0. The number of unbranched alkanes of at least 4 members (excludes halogenated alkanes) is 1. The van der Waals surface area contributed by atoms with Crippen molar-refractivity contribution in [3.8, 4) is 11.5 Å². The zero-order valence-electron chi connectivity index (χ0n) is 22.4. The van der Waals surface area contributed by atoms with Gasteiger partial charge in [0.1, 0.15) is 23.9 Å². The van der Waals surface area contributed by atoms with Gasteiger partial charge >= 0.3 is 17.7 Å². The molecule has 2 aromatic heterocycles. The molecule has 210 valence electrons. The predicted octanol–water partition coefficient (Wildman–Crippen LogP) is 3.34. The van der Waals surface area contributed by atoms with Gasteiger partial charge in [-0.15, -0.1) is 0 Å². The second-order valence-corrected chi connectivity index (χ2v) is 9.12. The summed E-state index contributed by atoms with van der Waals surface area (Å²) in [5.74, 6) is 0.852. The molecule has 0 aliphatic rings. The van der Waals surface area contributed by atoms with Crippen molar-refractivity contribution < 1.29 is 19.1 Å². The molecule has 4 aromatic rings. The van der Waals surface area contributed by atoms with Gasteiger partial charge in [-0.25, -0.2) is 14.6 Å². The lowest BCUT2D eigenvalue weighted by Gasteiger charge is -2.18. The van der Waals surface area contributed by atoms with Crippen LogP contribution in [0.25, 0.3) is 11.2 Å². The summed E-state index contributed by atoms with van der Waals surface area (Å²) >= 11 is 0. The molecule has 0 aliphatic heterocycles. The molecule has 2 aromatic carbocycles. The van der Waals surface area contributed by atoms with Crippen LogP contribution in [0.4, 0.5) is 4.79 Å². The Morgan fingerprint density at radius 3 is 2.50 bits per heavy atom. The highest BCUT2D eigenvalue weighted by Gasteiger charge is 2.22. The molecule has 0 saturated carbocycles. The number of carbonyl (C=O) groups excluding carboxylic acids is 2. The number of nitrogens with zero attached hydrogens (tertiary/aromatic N) is 3. The average molecular weight is 549 g/mol. The van der Waals surface area contributed by atoms with E-state index in [1.807, 2.05) is 44.2 Å². The number of aryl methyl sites for hydroxylation is 2. The third-order valence-electron chi connectivity index (χ3n) is 6.31. The fraction of sp³-hybridized carbons (Fsp3) is 0.321. The topological polar surface area (TPSA) is 163 Å². The van der Waals surface area contributed by atoms with Crippen LogP contribution in [0.3, 0.4) is 0 Å². The second-order valence-electron chi connectivity index (χ2n) is 9.12. The van der Waals surface area contributed by atoms with Gasteiger partial charge in [-0.05, 0) is 43.2 Å². The molecule has 0 spiro atoms. The zero-order chi connectivity index (χ0) is 28.6. The largest absolute Gasteiger partial charge is 0.457 e. The Hall–Kier alpha value is -4.87. The van der Waals surface area contributed by atoms with Gasteiger partial charge in [-0.1, -0.05) is 43.7 Å². The number of benzene rings is 2. The molecule has 0 saturated heterocycles. The molecule has 0 aliphatic carbocycles. The molecular formula is C28H32N6O6. The van der Waals surface area contributed by atoms with Crippen LogP contribution in [0.2, 0.25) is 0 Å². The van der Waals surface area contributed by atoms with Crippen molar-refractivity contribution in [2.45, 2.75) is 58.8 Å². The van der Waals surface area contributed by atoms with E-state index >= 15 is 0 Å². The van der Waals surface area contributed by atoms with Crippen molar-refractivity contribution in [1.82, 2.24) is 24.4 Å². The number of para-hydroxylation sites is 1. The lowest BCUT2D eigenvalue weighted by molar-refractivity contribution is -0.145. The number of hydrogen-bond donors (Lipinski definition) is 3. The van der Waals surface area contributed by atoms with Crippen molar-refractivity contribution in [3.63, 3.8) is 0 Å². The van der Waals surface area contributed by atoms with Gasteiger partial charge in [0.2, 0.25) is 0 Å². The number of urea groups is 1. The number of ether oxygens (including phenoxy) is 2. The van der Waals surface area contributed by atoms with Gasteiger partial charge in [-0.2, -0.15) is 0 Å². The Balaban J connectivity index is 1.53. The minimum absolute atomic E-state index is 0.216. The SMILES string of the molecule is CCCCn1c(=O)[nH]c(=O)c2c1nc(COC(=O)CC(NC(N)=O)c1cccc(Oc3ccccc3)c1)n2CC. The number of fused-ring (bicyclic) bond motifs is 1. The number of amides is 2. The zero-order valence-corrected chi connectivity index (χ0v) is 22.4. The molecule has 0 bridgehead atoms. The van der Waals surface area contributed by atoms with Crippen molar-refractivity contribution in [3.05, 3.63) is 86.8 Å². The first kappa shape index (κ1) is 28.1. The number of aromatic amines is 1. The molecule has 1 atom stereocenters. The van der Waals surface area contributed by atoms with Crippen molar-refractivity contribution in [1.29, 1.82) is 0 Å². The maximum atomic E-state index is 12.9. The fourth-order valence-corrected chi connectivity index (χ4v) is 4.41. The molecule has 4 rings (SSSR count). The fourth-order valence-electron chi connectivity index (χ4n) is 4.41. The lowest BCUT2D eigenvalue weighted by atomic mass is 10.0. The highest BCUT2D eigenvalue weighted by atomic mass is 16.5. The molecule has 0 radical (unpaired) electrons. The number of H-pyrrole nitrogens is 1. The normalized spacial score (nSPS) is 11.8. The summed E-state index contributed by atoms with van der Waals surface area (Å²) in [5, 5.41) is 2.58. The maximum absolute atomic E-state index is 12.9. The van der Waals surface area contributed by atoms with E-state index in [9.17, 15) is 19.2 Å². The maximum Gasteiger partial charge on any atom is 0.330 e.